The summed E-state index contributed by atoms with van der Waals surface area (Å²) in [6.45, 7) is 0.596. The summed E-state index contributed by atoms with van der Waals surface area (Å²) in [4.78, 5) is 6.29. The zero-order chi connectivity index (χ0) is 15.7. The van der Waals surface area contributed by atoms with Crippen molar-refractivity contribution in [2.24, 2.45) is 0 Å². The third kappa shape index (κ3) is 2.85. The van der Waals surface area contributed by atoms with Crippen molar-refractivity contribution in [3.8, 4) is 5.75 Å². The lowest BCUT2D eigenvalue weighted by Crippen LogP contribution is -2.16. The maximum absolute atomic E-state index is 12.5. The van der Waals surface area contributed by atoms with E-state index in [4.69, 9.17) is 4.74 Å². The molecular weight excluding hydrogens is 302 g/mol. The largest absolute Gasteiger partial charge is 0.493 e. The Kier molecular flexibility index (Phi) is 3.66. The summed E-state index contributed by atoms with van der Waals surface area (Å²) >= 11 is 0. The van der Waals surface area contributed by atoms with Crippen molar-refractivity contribution in [1.29, 1.82) is 0 Å². The highest BCUT2D eigenvalue weighted by Crippen LogP contribution is 2.28. The highest BCUT2D eigenvalue weighted by Gasteiger charge is 2.19. The van der Waals surface area contributed by atoms with E-state index in [9.17, 15) is 8.42 Å². The summed E-state index contributed by atoms with van der Waals surface area (Å²) in [6, 6.07) is 10.1. The van der Waals surface area contributed by atoms with Gasteiger partial charge in [0, 0.05) is 20.5 Å². The highest BCUT2D eigenvalue weighted by molar-refractivity contribution is 7.92. The Morgan fingerprint density at radius 2 is 2.05 bits per heavy atom. The first-order valence-corrected chi connectivity index (χ1v) is 8.37. The number of fused-ring (bicyclic) bond motifs is 1. The van der Waals surface area contributed by atoms with Crippen LogP contribution >= 0.6 is 0 Å². The second kappa shape index (κ2) is 5.49. The van der Waals surface area contributed by atoms with Crippen molar-refractivity contribution in [3.63, 3.8) is 0 Å². The minimum absolute atomic E-state index is 0.216. The summed E-state index contributed by atoms with van der Waals surface area (Å²) in [5.74, 6) is 1.73. The molecule has 7 heteroatoms. The lowest BCUT2D eigenvalue weighted by atomic mass is 10.2. The molecular formula is C15H17N3O3S. The number of rotatable bonds is 4. The number of sulfonamides is 1. The van der Waals surface area contributed by atoms with Crippen LogP contribution in [0.4, 0.5) is 11.6 Å². The Balaban J connectivity index is 1.89. The van der Waals surface area contributed by atoms with E-state index in [1.54, 1.807) is 30.3 Å². The number of hydrogen-bond acceptors (Lipinski definition) is 5. The van der Waals surface area contributed by atoms with Gasteiger partial charge in [-0.15, -0.1) is 0 Å². The molecule has 0 unspecified atom stereocenters. The first kappa shape index (κ1) is 14.6. The zero-order valence-corrected chi connectivity index (χ0v) is 13.2. The van der Waals surface area contributed by atoms with Crippen molar-refractivity contribution >= 4 is 21.7 Å². The van der Waals surface area contributed by atoms with Gasteiger partial charge in [-0.05, 0) is 35.9 Å². The van der Waals surface area contributed by atoms with E-state index in [0.29, 0.717) is 18.2 Å². The van der Waals surface area contributed by atoms with Gasteiger partial charge >= 0.3 is 0 Å². The molecule has 0 radical (unpaired) electrons. The number of hydrogen-bond donors (Lipinski definition) is 1. The summed E-state index contributed by atoms with van der Waals surface area (Å²) in [7, 11) is 0.0327. The van der Waals surface area contributed by atoms with Crippen molar-refractivity contribution in [2.45, 2.75) is 11.3 Å². The molecule has 0 bridgehead atoms. The Hall–Kier alpha value is -2.28. The van der Waals surface area contributed by atoms with E-state index in [-0.39, 0.29) is 4.90 Å². The standard InChI is InChI=1S/C15H17N3O3S/c1-18(2)15-5-3-4-14(16-15)17-22(19,20)12-6-7-13-11(10-12)8-9-21-13/h3-7,10H,8-9H2,1-2H3,(H,16,17). The monoisotopic (exact) mass is 319 g/mol. The van der Waals surface area contributed by atoms with Gasteiger partial charge in [-0.1, -0.05) is 6.07 Å². The molecule has 1 aromatic carbocycles. The lowest BCUT2D eigenvalue weighted by Gasteiger charge is -2.13. The van der Waals surface area contributed by atoms with Crippen molar-refractivity contribution in [3.05, 3.63) is 42.0 Å². The molecule has 0 saturated carbocycles. The van der Waals surface area contributed by atoms with E-state index in [1.807, 2.05) is 25.1 Å². The van der Waals surface area contributed by atoms with Gasteiger partial charge in [0.05, 0.1) is 11.5 Å². The maximum atomic E-state index is 12.5. The van der Waals surface area contributed by atoms with Crippen molar-refractivity contribution in [2.75, 3.05) is 30.3 Å². The Bertz CT molecular complexity index is 803. The number of nitrogens with one attached hydrogen (secondary N) is 1. The van der Waals surface area contributed by atoms with Crippen LogP contribution in [0.5, 0.6) is 5.75 Å². The van der Waals surface area contributed by atoms with E-state index < -0.39 is 10.0 Å². The number of nitrogens with zero attached hydrogens (tertiary/aromatic N) is 2. The normalized spacial score (nSPS) is 13.4. The number of pyridine rings is 1. The number of aromatic nitrogens is 1. The fourth-order valence-corrected chi connectivity index (χ4v) is 3.31. The van der Waals surface area contributed by atoms with Crippen LogP contribution in [0, 0.1) is 0 Å². The van der Waals surface area contributed by atoms with Gasteiger partial charge in [0.15, 0.2) is 0 Å². The minimum atomic E-state index is -3.66. The van der Waals surface area contributed by atoms with Gasteiger partial charge in [0.1, 0.15) is 17.4 Å². The molecule has 1 aromatic heterocycles. The van der Waals surface area contributed by atoms with Gasteiger partial charge in [-0.25, -0.2) is 13.4 Å². The van der Waals surface area contributed by atoms with Crippen molar-refractivity contribution < 1.29 is 13.2 Å². The molecule has 2 aromatic rings. The SMILES string of the molecule is CN(C)c1cccc(NS(=O)(=O)c2ccc3c(c2)CCO3)n1. The van der Waals surface area contributed by atoms with Gasteiger partial charge in [0.2, 0.25) is 0 Å². The predicted molar refractivity (Wildman–Crippen MR) is 85.0 cm³/mol. The molecule has 0 fully saturated rings. The molecule has 3 rings (SSSR count). The second-order valence-corrected chi connectivity index (χ2v) is 6.93. The molecule has 0 saturated heterocycles. The fraction of sp³-hybridized carbons (Fsp3) is 0.267. The van der Waals surface area contributed by atoms with E-state index >= 15 is 0 Å². The van der Waals surface area contributed by atoms with Crippen LogP contribution in [0.25, 0.3) is 0 Å². The number of ether oxygens (including phenoxy) is 1. The van der Waals surface area contributed by atoms with Crippen LogP contribution < -0.4 is 14.4 Å². The van der Waals surface area contributed by atoms with Crippen LogP contribution in [-0.4, -0.2) is 34.1 Å². The third-order valence-electron chi connectivity index (χ3n) is 3.40. The molecule has 0 amide bonds. The Morgan fingerprint density at radius 1 is 1.23 bits per heavy atom. The van der Waals surface area contributed by atoms with Crippen molar-refractivity contribution in [1.82, 2.24) is 4.98 Å². The van der Waals surface area contributed by atoms with Gasteiger partial charge in [-0.2, -0.15) is 0 Å². The van der Waals surface area contributed by atoms with Crippen LogP contribution in [0.3, 0.4) is 0 Å². The summed E-state index contributed by atoms with van der Waals surface area (Å²) < 4.78 is 32.9. The average Bonchev–Trinajstić information content (AvgIpc) is 2.94. The average molecular weight is 319 g/mol. The predicted octanol–water partition coefficient (Wildman–Crippen LogP) is 1.88. The first-order valence-electron chi connectivity index (χ1n) is 6.89. The van der Waals surface area contributed by atoms with E-state index in [0.717, 1.165) is 17.7 Å². The Labute approximate surface area is 129 Å². The maximum Gasteiger partial charge on any atom is 0.263 e. The van der Waals surface area contributed by atoms with Gasteiger partial charge < -0.3 is 9.64 Å². The first-order chi connectivity index (χ1) is 10.5. The number of benzene rings is 1. The fourth-order valence-electron chi connectivity index (χ4n) is 2.26. The van der Waals surface area contributed by atoms with Crippen LogP contribution in [0.2, 0.25) is 0 Å². The summed E-state index contributed by atoms with van der Waals surface area (Å²) in [5, 5.41) is 0. The van der Waals surface area contributed by atoms with Gasteiger partial charge in [0.25, 0.3) is 10.0 Å². The number of anilines is 2. The molecule has 2 heterocycles. The van der Waals surface area contributed by atoms with Gasteiger partial charge in [-0.3, -0.25) is 4.72 Å². The second-order valence-electron chi connectivity index (χ2n) is 5.25. The molecule has 0 atom stereocenters. The minimum Gasteiger partial charge on any atom is -0.493 e. The molecule has 1 N–H and O–H groups in total. The Morgan fingerprint density at radius 3 is 2.82 bits per heavy atom. The van der Waals surface area contributed by atoms with Crippen LogP contribution in [-0.2, 0) is 16.4 Å². The topological polar surface area (TPSA) is 71.5 Å². The highest BCUT2D eigenvalue weighted by atomic mass is 32.2. The molecule has 116 valence electrons. The molecule has 0 aliphatic carbocycles. The molecule has 0 spiro atoms. The zero-order valence-electron chi connectivity index (χ0n) is 12.4. The summed E-state index contributed by atoms with van der Waals surface area (Å²) in [6.07, 6.45) is 0.729. The van der Waals surface area contributed by atoms with E-state index in [1.165, 1.54) is 0 Å². The molecule has 22 heavy (non-hydrogen) atoms. The quantitative estimate of drug-likeness (QED) is 0.931. The van der Waals surface area contributed by atoms with Crippen LogP contribution in [0.15, 0.2) is 41.3 Å². The smallest absolute Gasteiger partial charge is 0.263 e. The van der Waals surface area contributed by atoms with Crippen LogP contribution in [0.1, 0.15) is 5.56 Å². The summed E-state index contributed by atoms with van der Waals surface area (Å²) in [5.41, 5.74) is 0.915. The molecule has 6 nitrogen and oxygen atoms in total. The molecule has 1 aliphatic heterocycles. The lowest BCUT2D eigenvalue weighted by molar-refractivity contribution is 0.356. The van der Waals surface area contributed by atoms with E-state index in [2.05, 4.69) is 9.71 Å². The third-order valence-corrected chi connectivity index (χ3v) is 4.76. The molecule has 1 aliphatic rings.